The van der Waals surface area contributed by atoms with Gasteiger partial charge in [-0.25, -0.2) is 4.98 Å². The number of nitrogens with zero attached hydrogens (tertiary/aromatic N) is 3. The minimum Gasteiger partial charge on any atom is -0.356 e. The van der Waals surface area contributed by atoms with Crippen molar-refractivity contribution in [2.45, 2.75) is 20.3 Å². The molecule has 2 heterocycles. The van der Waals surface area contributed by atoms with Gasteiger partial charge in [-0.15, -0.1) is 0 Å². The fraction of sp³-hybridized carbons (Fsp3) is 0.667. The number of aryl methyl sites for hydroxylation is 1. The van der Waals surface area contributed by atoms with Gasteiger partial charge < -0.3 is 10.2 Å². The Morgan fingerprint density at radius 2 is 2.24 bits per heavy atom. The molecule has 5 heteroatoms. The van der Waals surface area contributed by atoms with Gasteiger partial charge in [0.15, 0.2) is 0 Å². The molecule has 1 aromatic heterocycles. The maximum Gasteiger partial charge on any atom is 0.224 e. The van der Waals surface area contributed by atoms with Gasteiger partial charge in [0.2, 0.25) is 5.95 Å². The van der Waals surface area contributed by atoms with E-state index in [0.717, 1.165) is 37.1 Å². The van der Waals surface area contributed by atoms with E-state index in [1.54, 1.807) is 0 Å². The van der Waals surface area contributed by atoms with Crippen molar-refractivity contribution in [3.05, 3.63) is 11.8 Å². The highest BCUT2D eigenvalue weighted by atomic mass is 32.2. The molecule has 0 atom stereocenters. The van der Waals surface area contributed by atoms with Gasteiger partial charge in [0.25, 0.3) is 0 Å². The van der Waals surface area contributed by atoms with Crippen molar-refractivity contribution >= 4 is 23.5 Å². The normalized spacial score (nSPS) is 16.7. The quantitative estimate of drug-likeness (QED) is 0.893. The minimum absolute atomic E-state index is 0.749. The highest BCUT2D eigenvalue weighted by Crippen LogP contribution is 2.19. The van der Waals surface area contributed by atoms with Crippen molar-refractivity contribution in [2.75, 3.05) is 41.4 Å². The van der Waals surface area contributed by atoms with Crippen LogP contribution in [0.3, 0.4) is 0 Å². The molecule has 17 heavy (non-hydrogen) atoms. The predicted octanol–water partition coefficient (Wildman–Crippen LogP) is 2.16. The van der Waals surface area contributed by atoms with Crippen molar-refractivity contribution in [3.8, 4) is 0 Å². The molecule has 1 N–H and O–H groups in total. The van der Waals surface area contributed by atoms with Crippen LogP contribution < -0.4 is 10.2 Å². The van der Waals surface area contributed by atoms with E-state index in [4.69, 9.17) is 0 Å². The summed E-state index contributed by atoms with van der Waals surface area (Å²) in [5.74, 6) is 4.27. The third kappa shape index (κ3) is 3.49. The van der Waals surface area contributed by atoms with Crippen LogP contribution in [0.5, 0.6) is 0 Å². The molecule has 0 saturated carbocycles. The van der Waals surface area contributed by atoms with Crippen LogP contribution in [-0.4, -0.2) is 41.1 Å². The molecule has 0 bridgehead atoms. The molecule has 0 aromatic carbocycles. The summed E-state index contributed by atoms with van der Waals surface area (Å²) in [6.07, 6.45) is 1.24. The maximum absolute atomic E-state index is 4.58. The van der Waals surface area contributed by atoms with Gasteiger partial charge in [-0.1, -0.05) is 0 Å². The molecule has 0 unspecified atom stereocenters. The van der Waals surface area contributed by atoms with Crippen molar-refractivity contribution < 1.29 is 0 Å². The second kappa shape index (κ2) is 6.10. The fourth-order valence-electron chi connectivity index (χ4n) is 1.93. The van der Waals surface area contributed by atoms with Gasteiger partial charge in [0.05, 0.1) is 0 Å². The van der Waals surface area contributed by atoms with Gasteiger partial charge in [0.1, 0.15) is 5.82 Å². The average Bonchev–Trinajstić information content (AvgIpc) is 2.57. The number of rotatable bonds is 3. The number of anilines is 2. The topological polar surface area (TPSA) is 41.1 Å². The Bertz CT molecular complexity index is 362. The minimum atomic E-state index is 0.749. The lowest BCUT2D eigenvalue weighted by molar-refractivity contribution is 0.797. The standard InChI is InChI=1S/C12H20N4S/c1-3-13-12-14-10(2)9-11(15-12)16-5-4-7-17-8-6-16/h9H,3-8H2,1-2H3,(H,13,14,15). The van der Waals surface area contributed by atoms with Crippen molar-refractivity contribution in [1.29, 1.82) is 0 Å². The largest absolute Gasteiger partial charge is 0.356 e. The highest BCUT2D eigenvalue weighted by molar-refractivity contribution is 7.99. The van der Waals surface area contributed by atoms with Crippen LogP contribution in [0.1, 0.15) is 19.0 Å². The molecule has 4 nitrogen and oxygen atoms in total. The third-order valence-electron chi connectivity index (χ3n) is 2.72. The summed E-state index contributed by atoms with van der Waals surface area (Å²) < 4.78 is 0. The molecule has 0 radical (unpaired) electrons. The summed E-state index contributed by atoms with van der Waals surface area (Å²) in [5, 5.41) is 3.19. The smallest absolute Gasteiger partial charge is 0.224 e. The number of thioether (sulfide) groups is 1. The van der Waals surface area contributed by atoms with E-state index in [-0.39, 0.29) is 0 Å². The van der Waals surface area contributed by atoms with Crippen LogP contribution in [0.2, 0.25) is 0 Å². The molecule has 1 saturated heterocycles. The first kappa shape index (κ1) is 12.5. The van der Waals surface area contributed by atoms with E-state index in [9.17, 15) is 0 Å². The summed E-state index contributed by atoms with van der Waals surface area (Å²) in [6, 6.07) is 2.08. The molecular weight excluding hydrogens is 232 g/mol. The lowest BCUT2D eigenvalue weighted by atomic mass is 10.3. The zero-order chi connectivity index (χ0) is 12.1. The Morgan fingerprint density at radius 3 is 3.06 bits per heavy atom. The first-order valence-corrected chi connectivity index (χ1v) is 7.37. The summed E-state index contributed by atoms with van der Waals surface area (Å²) >= 11 is 2.03. The highest BCUT2D eigenvalue weighted by Gasteiger charge is 2.12. The van der Waals surface area contributed by atoms with E-state index in [1.807, 2.05) is 18.7 Å². The van der Waals surface area contributed by atoms with Crippen molar-refractivity contribution in [2.24, 2.45) is 0 Å². The number of hydrogen-bond donors (Lipinski definition) is 1. The van der Waals surface area contributed by atoms with Crippen molar-refractivity contribution in [3.63, 3.8) is 0 Å². The molecule has 1 aliphatic heterocycles. The molecule has 0 spiro atoms. The van der Waals surface area contributed by atoms with Crippen LogP contribution >= 0.6 is 11.8 Å². The van der Waals surface area contributed by atoms with Gasteiger partial charge in [-0.05, 0) is 26.0 Å². The van der Waals surface area contributed by atoms with E-state index in [2.05, 4.69) is 33.2 Å². The third-order valence-corrected chi connectivity index (χ3v) is 3.77. The van der Waals surface area contributed by atoms with Gasteiger partial charge >= 0.3 is 0 Å². The number of aromatic nitrogens is 2. The molecular formula is C12H20N4S. The Kier molecular flexibility index (Phi) is 4.48. The first-order valence-electron chi connectivity index (χ1n) is 6.22. The molecule has 0 amide bonds. The van der Waals surface area contributed by atoms with E-state index >= 15 is 0 Å². The summed E-state index contributed by atoms with van der Waals surface area (Å²) in [6.45, 7) is 7.15. The SMILES string of the molecule is CCNc1nc(C)cc(N2CCCSCC2)n1. The lowest BCUT2D eigenvalue weighted by Crippen LogP contribution is -2.27. The summed E-state index contributed by atoms with van der Waals surface area (Å²) in [4.78, 5) is 11.3. The first-order chi connectivity index (χ1) is 8.29. The van der Waals surface area contributed by atoms with Crippen LogP contribution in [0.25, 0.3) is 0 Å². The van der Waals surface area contributed by atoms with E-state index < -0.39 is 0 Å². The zero-order valence-electron chi connectivity index (χ0n) is 10.6. The molecule has 0 aliphatic carbocycles. The van der Waals surface area contributed by atoms with Crippen LogP contribution in [0.4, 0.5) is 11.8 Å². The molecule has 2 rings (SSSR count). The second-order valence-electron chi connectivity index (χ2n) is 4.17. The van der Waals surface area contributed by atoms with Crippen LogP contribution in [0.15, 0.2) is 6.07 Å². The monoisotopic (exact) mass is 252 g/mol. The van der Waals surface area contributed by atoms with Gasteiger partial charge in [0, 0.05) is 37.1 Å². The predicted molar refractivity (Wildman–Crippen MR) is 75.1 cm³/mol. The van der Waals surface area contributed by atoms with E-state index in [0.29, 0.717) is 0 Å². The Labute approximate surface area is 107 Å². The number of hydrogen-bond acceptors (Lipinski definition) is 5. The van der Waals surface area contributed by atoms with Gasteiger partial charge in [-0.2, -0.15) is 16.7 Å². The zero-order valence-corrected chi connectivity index (χ0v) is 11.4. The van der Waals surface area contributed by atoms with Crippen LogP contribution in [0, 0.1) is 6.92 Å². The lowest BCUT2D eigenvalue weighted by Gasteiger charge is -2.21. The summed E-state index contributed by atoms with van der Waals surface area (Å²) in [5.41, 5.74) is 1.03. The molecule has 94 valence electrons. The average molecular weight is 252 g/mol. The Hall–Kier alpha value is -0.970. The van der Waals surface area contributed by atoms with Crippen molar-refractivity contribution in [1.82, 2.24) is 9.97 Å². The fourth-order valence-corrected chi connectivity index (χ4v) is 2.81. The second-order valence-corrected chi connectivity index (χ2v) is 5.40. The van der Waals surface area contributed by atoms with Crippen LogP contribution in [-0.2, 0) is 0 Å². The van der Waals surface area contributed by atoms with Gasteiger partial charge in [-0.3, -0.25) is 0 Å². The maximum atomic E-state index is 4.58. The summed E-state index contributed by atoms with van der Waals surface area (Å²) in [7, 11) is 0. The van der Waals surface area contributed by atoms with E-state index in [1.165, 1.54) is 17.9 Å². The Morgan fingerprint density at radius 1 is 1.35 bits per heavy atom. The number of nitrogens with one attached hydrogen (secondary N) is 1. The molecule has 1 aromatic rings. The molecule has 1 fully saturated rings. The molecule has 1 aliphatic rings. The Balaban J connectivity index is 2.17.